The molecular formula is C18H20N4. The van der Waals surface area contributed by atoms with Crippen LogP contribution in [0.3, 0.4) is 0 Å². The van der Waals surface area contributed by atoms with Gasteiger partial charge in [0.25, 0.3) is 0 Å². The van der Waals surface area contributed by atoms with E-state index >= 15 is 0 Å². The SMILES string of the molecule is CCCCC(/N=C/c1ccccc1)n1nnc2ccccc21. The molecule has 0 fully saturated rings. The third-order valence-corrected chi connectivity index (χ3v) is 3.67. The van der Waals surface area contributed by atoms with Crippen LogP contribution in [0, 0.1) is 0 Å². The van der Waals surface area contributed by atoms with Crippen LogP contribution in [0.1, 0.15) is 37.9 Å². The average molecular weight is 292 g/mol. The van der Waals surface area contributed by atoms with Gasteiger partial charge in [-0.25, -0.2) is 4.68 Å². The standard InChI is InChI=1S/C18H20N4/c1-2-3-13-18(19-14-15-9-5-4-6-10-15)22-17-12-8-7-11-16(17)20-21-22/h4-12,14,18H,2-3,13H2,1H3/b19-14+. The van der Waals surface area contributed by atoms with Crippen molar-refractivity contribution in [2.45, 2.75) is 32.4 Å². The molecule has 4 nitrogen and oxygen atoms in total. The molecular weight excluding hydrogens is 272 g/mol. The first kappa shape index (κ1) is 14.4. The molecule has 1 atom stereocenters. The summed E-state index contributed by atoms with van der Waals surface area (Å²) in [5, 5.41) is 8.56. The van der Waals surface area contributed by atoms with Gasteiger partial charge in [-0.2, -0.15) is 0 Å². The molecule has 1 aromatic heterocycles. The molecule has 4 heteroatoms. The lowest BCUT2D eigenvalue weighted by molar-refractivity contribution is 0.430. The first-order chi connectivity index (χ1) is 10.9. The van der Waals surface area contributed by atoms with Gasteiger partial charge in [0, 0.05) is 6.21 Å². The maximum Gasteiger partial charge on any atom is 0.143 e. The van der Waals surface area contributed by atoms with Crippen LogP contribution in [-0.4, -0.2) is 21.2 Å². The summed E-state index contributed by atoms with van der Waals surface area (Å²) in [6.07, 6.45) is 5.14. The number of hydrogen-bond acceptors (Lipinski definition) is 3. The Kier molecular flexibility index (Phi) is 4.59. The van der Waals surface area contributed by atoms with Crippen molar-refractivity contribution in [1.82, 2.24) is 15.0 Å². The molecule has 1 heterocycles. The minimum atomic E-state index is -0.00689. The summed E-state index contributed by atoms with van der Waals surface area (Å²) in [5.74, 6) is 0. The zero-order valence-electron chi connectivity index (χ0n) is 12.8. The second-order valence-electron chi connectivity index (χ2n) is 5.33. The van der Waals surface area contributed by atoms with Gasteiger partial charge in [-0.1, -0.05) is 61.0 Å². The third-order valence-electron chi connectivity index (χ3n) is 3.67. The van der Waals surface area contributed by atoms with Crippen molar-refractivity contribution >= 4 is 17.2 Å². The number of hydrogen-bond donors (Lipinski definition) is 0. The molecule has 0 radical (unpaired) electrons. The van der Waals surface area contributed by atoms with Gasteiger partial charge in [0.05, 0.1) is 5.52 Å². The normalized spacial score (nSPS) is 13.0. The van der Waals surface area contributed by atoms with Crippen LogP contribution >= 0.6 is 0 Å². The number of fused-ring (bicyclic) bond motifs is 1. The van der Waals surface area contributed by atoms with E-state index in [9.17, 15) is 0 Å². The van der Waals surface area contributed by atoms with Crippen LogP contribution in [0.5, 0.6) is 0 Å². The lowest BCUT2D eigenvalue weighted by atomic mass is 10.2. The van der Waals surface area contributed by atoms with Gasteiger partial charge in [0.1, 0.15) is 11.7 Å². The average Bonchev–Trinajstić information content (AvgIpc) is 3.00. The van der Waals surface area contributed by atoms with Gasteiger partial charge in [-0.15, -0.1) is 5.10 Å². The summed E-state index contributed by atoms with van der Waals surface area (Å²) in [4.78, 5) is 4.76. The van der Waals surface area contributed by atoms with Gasteiger partial charge in [0.2, 0.25) is 0 Å². The fourth-order valence-electron chi connectivity index (χ4n) is 2.47. The first-order valence-electron chi connectivity index (χ1n) is 7.76. The van der Waals surface area contributed by atoms with Gasteiger partial charge in [-0.05, 0) is 30.5 Å². The summed E-state index contributed by atoms with van der Waals surface area (Å²) in [6, 6.07) is 18.2. The summed E-state index contributed by atoms with van der Waals surface area (Å²) in [6.45, 7) is 2.19. The Morgan fingerprint density at radius 3 is 2.68 bits per heavy atom. The molecule has 3 rings (SSSR count). The Labute approximate surface area is 130 Å². The van der Waals surface area contributed by atoms with Crippen molar-refractivity contribution < 1.29 is 0 Å². The molecule has 1 unspecified atom stereocenters. The van der Waals surface area contributed by atoms with Crippen LogP contribution in [-0.2, 0) is 0 Å². The van der Waals surface area contributed by atoms with Crippen LogP contribution in [0.25, 0.3) is 11.0 Å². The van der Waals surface area contributed by atoms with E-state index in [0.717, 1.165) is 35.9 Å². The Hall–Kier alpha value is -2.49. The molecule has 0 aliphatic rings. The lowest BCUT2D eigenvalue weighted by Gasteiger charge is -2.13. The largest absolute Gasteiger partial charge is 0.266 e. The summed E-state index contributed by atoms with van der Waals surface area (Å²) < 4.78 is 1.93. The van der Waals surface area contributed by atoms with E-state index in [1.807, 2.05) is 53.4 Å². The van der Waals surface area contributed by atoms with Crippen molar-refractivity contribution in [2.75, 3.05) is 0 Å². The highest BCUT2D eigenvalue weighted by molar-refractivity contribution is 5.79. The number of aliphatic imine (C=N–C) groups is 1. The predicted molar refractivity (Wildman–Crippen MR) is 90.1 cm³/mol. The number of aromatic nitrogens is 3. The monoisotopic (exact) mass is 292 g/mol. The predicted octanol–water partition coefficient (Wildman–Crippen LogP) is 4.24. The second kappa shape index (κ2) is 6.98. The minimum absolute atomic E-state index is 0.00689. The number of para-hydroxylation sites is 1. The topological polar surface area (TPSA) is 43.1 Å². The van der Waals surface area contributed by atoms with Gasteiger partial charge in [0.15, 0.2) is 0 Å². The van der Waals surface area contributed by atoms with Crippen LogP contribution in [0.15, 0.2) is 59.6 Å². The molecule has 0 N–H and O–H groups in total. The van der Waals surface area contributed by atoms with E-state index in [-0.39, 0.29) is 6.17 Å². The highest BCUT2D eigenvalue weighted by atomic mass is 15.5. The molecule has 0 saturated carbocycles. The Bertz CT molecular complexity index is 746. The lowest BCUT2D eigenvalue weighted by Crippen LogP contribution is -2.09. The minimum Gasteiger partial charge on any atom is -0.266 e. The van der Waals surface area contributed by atoms with Crippen molar-refractivity contribution in [1.29, 1.82) is 0 Å². The van der Waals surface area contributed by atoms with Gasteiger partial charge >= 0.3 is 0 Å². The van der Waals surface area contributed by atoms with Gasteiger partial charge in [-0.3, -0.25) is 4.99 Å². The van der Waals surface area contributed by atoms with E-state index in [2.05, 4.69) is 29.4 Å². The third kappa shape index (κ3) is 3.22. The molecule has 0 saturated heterocycles. The number of unbranched alkanes of at least 4 members (excludes halogenated alkanes) is 1. The van der Waals surface area contributed by atoms with Crippen molar-refractivity contribution in [3.05, 3.63) is 60.2 Å². The summed E-state index contributed by atoms with van der Waals surface area (Å²) in [7, 11) is 0. The van der Waals surface area contributed by atoms with E-state index in [1.54, 1.807) is 0 Å². The summed E-state index contributed by atoms with van der Waals surface area (Å²) >= 11 is 0. The highest BCUT2D eigenvalue weighted by Crippen LogP contribution is 2.21. The molecule has 3 aromatic rings. The molecule has 0 aliphatic heterocycles. The zero-order chi connectivity index (χ0) is 15.2. The molecule has 0 spiro atoms. The Balaban J connectivity index is 1.91. The van der Waals surface area contributed by atoms with Crippen LogP contribution in [0.2, 0.25) is 0 Å². The number of rotatable bonds is 6. The fraction of sp³-hybridized carbons (Fsp3) is 0.278. The molecule has 0 aliphatic carbocycles. The van der Waals surface area contributed by atoms with E-state index in [1.165, 1.54) is 0 Å². The van der Waals surface area contributed by atoms with Crippen molar-refractivity contribution in [3.63, 3.8) is 0 Å². The molecule has 0 bridgehead atoms. The van der Waals surface area contributed by atoms with E-state index in [0.29, 0.717) is 0 Å². The summed E-state index contributed by atoms with van der Waals surface area (Å²) in [5.41, 5.74) is 3.06. The molecule has 2 aromatic carbocycles. The fourth-order valence-corrected chi connectivity index (χ4v) is 2.47. The van der Waals surface area contributed by atoms with Crippen LogP contribution in [0.4, 0.5) is 0 Å². The van der Waals surface area contributed by atoms with E-state index in [4.69, 9.17) is 4.99 Å². The molecule has 22 heavy (non-hydrogen) atoms. The quantitative estimate of drug-likeness (QED) is 0.638. The Morgan fingerprint density at radius 2 is 1.86 bits per heavy atom. The maximum absolute atomic E-state index is 4.76. The maximum atomic E-state index is 4.76. The van der Waals surface area contributed by atoms with Gasteiger partial charge < -0.3 is 0 Å². The van der Waals surface area contributed by atoms with Crippen molar-refractivity contribution in [2.24, 2.45) is 4.99 Å². The highest BCUT2D eigenvalue weighted by Gasteiger charge is 2.13. The zero-order valence-corrected chi connectivity index (χ0v) is 12.8. The van der Waals surface area contributed by atoms with E-state index < -0.39 is 0 Å². The van der Waals surface area contributed by atoms with Crippen molar-refractivity contribution in [3.8, 4) is 0 Å². The Morgan fingerprint density at radius 1 is 1.09 bits per heavy atom. The first-order valence-corrected chi connectivity index (χ1v) is 7.76. The number of nitrogens with zero attached hydrogens (tertiary/aromatic N) is 4. The van der Waals surface area contributed by atoms with Crippen LogP contribution < -0.4 is 0 Å². The molecule has 0 amide bonds. The number of benzene rings is 2. The molecule has 112 valence electrons. The smallest absolute Gasteiger partial charge is 0.143 e. The second-order valence-corrected chi connectivity index (χ2v) is 5.33.